The smallest absolute Gasteiger partial charge is 0.123 e. The summed E-state index contributed by atoms with van der Waals surface area (Å²) in [5, 5.41) is 3.39. The number of halogens is 1. The molecular weight excluding hydrogens is 203 g/mol. The highest BCUT2D eigenvalue weighted by Crippen LogP contribution is 2.25. The van der Waals surface area contributed by atoms with E-state index in [1.54, 1.807) is 12.1 Å². The summed E-state index contributed by atoms with van der Waals surface area (Å²) in [6.07, 6.45) is 2.03. The molecule has 1 aromatic carbocycles. The van der Waals surface area contributed by atoms with Crippen molar-refractivity contribution in [3.8, 4) is 0 Å². The SMILES string of the molecule is CN(C)C1(Cc2cccc(F)c2)CCNC1. The first-order valence-electron chi connectivity index (χ1n) is 5.75. The van der Waals surface area contributed by atoms with Gasteiger partial charge in [-0.15, -0.1) is 0 Å². The van der Waals surface area contributed by atoms with Crippen LogP contribution < -0.4 is 5.32 Å². The zero-order valence-corrected chi connectivity index (χ0v) is 9.96. The van der Waals surface area contributed by atoms with E-state index in [9.17, 15) is 4.39 Å². The lowest BCUT2D eigenvalue weighted by molar-refractivity contribution is 0.172. The van der Waals surface area contributed by atoms with Gasteiger partial charge in [-0.1, -0.05) is 12.1 Å². The molecule has 2 nitrogen and oxygen atoms in total. The molecule has 1 N–H and O–H groups in total. The van der Waals surface area contributed by atoms with Crippen LogP contribution in [0.3, 0.4) is 0 Å². The zero-order valence-electron chi connectivity index (χ0n) is 9.96. The van der Waals surface area contributed by atoms with Crippen LogP contribution in [0.4, 0.5) is 4.39 Å². The minimum Gasteiger partial charge on any atom is -0.315 e. The zero-order chi connectivity index (χ0) is 11.6. The van der Waals surface area contributed by atoms with E-state index < -0.39 is 0 Å². The van der Waals surface area contributed by atoms with Gasteiger partial charge in [0.05, 0.1) is 0 Å². The Morgan fingerprint density at radius 1 is 1.44 bits per heavy atom. The summed E-state index contributed by atoms with van der Waals surface area (Å²) in [4.78, 5) is 2.26. The van der Waals surface area contributed by atoms with Gasteiger partial charge >= 0.3 is 0 Å². The van der Waals surface area contributed by atoms with E-state index in [0.717, 1.165) is 31.5 Å². The van der Waals surface area contributed by atoms with Crippen molar-refractivity contribution in [3.05, 3.63) is 35.6 Å². The summed E-state index contributed by atoms with van der Waals surface area (Å²) in [5.74, 6) is -0.141. The van der Waals surface area contributed by atoms with E-state index in [1.165, 1.54) is 6.07 Å². The maximum Gasteiger partial charge on any atom is 0.123 e. The van der Waals surface area contributed by atoms with Crippen molar-refractivity contribution in [1.82, 2.24) is 10.2 Å². The molecule has 1 heterocycles. The lowest BCUT2D eigenvalue weighted by atomic mass is 9.89. The Hall–Kier alpha value is -0.930. The third-order valence-electron chi connectivity index (χ3n) is 3.59. The molecule has 1 atom stereocenters. The molecule has 1 unspecified atom stereocenters. The molecule has 1 aliphatic heterocycles. The fraction of sp³-hybridized carbons (Fsp3) is 0.538. The number of nitrogens with one attached hydrogen (secondary N) is 1. The first-order valence-corrected chi connectivity index (χ1v) is 5.75. The highest BCUT2D eigenvalue weighted by atomic mass is 19.1. The Morgan fingerprint density at radius 2 is 2.25 bits per heavy atom. The Kier molecular flexibility index (Phi) is 3.26. The van der Waals surface area contributed by atoms with Gasteiger partial charge in [-0.05, 0) is 51.2 Å². The van der Waals surface area contributed by atoms with Crippen LogP contribution in [0.15, 0.2) is 24.3 Å². The fourth-order valence-electron chi connectivity index (χ4n) is 2.45. The number of rotatable bonds is 3. The average Bonchev–Trinajstić information content (AvgIpc) is 2.67. The number of benzene rings is 1. The second-order valence-electron chi connectivity index (χ2n) is 4.85. The van der Waals surface area contributed by atoms with Crippen LogP contribution in [0, 0.1) is 5.82 Å². The molecule has 16 heavy (non-hydrogen) atoms. The standard InChI is InChI=1S/C13H19FN2/c1-16(2)13(6-7-15-10-13)9-11-4-3-5-12(14)8-11/h3-5,8,15H,6-7,9-10H2,1-2H3. The summed E-state index contributed by atoms with van der Waals surface area (Å²) in [6.45, 7) is 2.03. The molecule has 0 saturated carbocycles. The molecule has 0 spiro atoms. The van der Waals surface area contributed by atoms with Crippen LogP contribution >= 0.6 is 0 Å². The number of hydrogen-bond donors (Lipinski definition) is 1. The van der Waals surface area contributed by atoms with Crippen LogP contribution in [0.25, 0.3) is 0 Å². The quantitative estimate of drug-likeness (QED) is 0.836. The van der Waals surface area contributed by atoms with Crippen molar-refractivity contribution in [1.29, 1.82) is 0 Å². The molecule has 0 aromatic heterocycles. The topological polar surface area (TPSA) is 15.3 Å². The molecule has 0 amide bonds. The molecule has 0 bridgehead atoms. The number of nitrogens with zero attached hydrogens (tertiary/aromatic N) is 1. The second kappa shape index (κ2) is 4.52. The van der Waals surface area contributed by atoms with Crippen LogP contribution in [-0.2, 0) is 6.42 Å². The van der Waals surface area contributed by atoms with Crippen molar-refractivity contribution in [2.45, 2.75) is 18.4 Å². The lowest BCUT2D eigenvalue weighted by Gasteiger charge is -2.35. The van der Waals surface area contributed by atoms with Gasteiger partial charge in [-0.2, -0.15) is 0 Å². The van der Waals surface area contributed by atoms with Gasteiger partial charge in [0.15, 0.2) is 0 Å². The van der Waals surface area contributed by atoms with Gasteiger partial charge in [0.1, 0.15) is 5.82 Å². The predicted octanol–water partition coefficient (Wildman–Crippen LogP) is 1.66. The minimum absolute atomic E-state index is 0.141. The van der Waals surface area contributed by atoms with Gasteiger partial charge in [-0.3, -0.25) is 0 Å². The average molecular weight is 222 g/mol. The third kappa shape index (κ3) is 2.25. The predicted molar refractivity (Wildman–Crippen MR) is 64.0 cm³/mol. The van der Waals surface area contributed by atoms with Gasteiger partial charge < -0.3 is 10.2 Å². The van der Waals surface area contributed by atoms with Crippen molar-refractivity contribution >= 4 is 0 Å². The highest BCUT2D eigenvalue weighted by Gasteiger charge is 2.35. The minimum atomic E-state index is -0.141. The first-order chi connectivity index (χ1) is 7.62. The maximum absolute atomic E-state index is 13.1. The summed E-state index contributed by atoms with van der Waals surface area (Å²) in [7, 11) is 4.21. The summed E-state index contributed by atoms with van der Waals surface area (Å²) < 4.78 is 13.1. The summed E-state index contributed by atoms with van der Waals surface area (Å²) in [6, 6.07) is 6.94. The molecule has 1 fully saturated rings. The first kappa shape index (κ1) is 11.6. The molecule has 3 heteroatoms. The highest BCUT2D eigenvalue weighted by molar-refractivity contribution is 5.20. The van der Waals surface area contributed by atoms with E-state index in [4.69, 9.17) is 0 Å². The van der Waals surface area contributed by atoms with E-state index in [-0.39, 0.29) is 11.4 Å². The van der Waals surface area contributed by atoms with Gasteiger partial charge in [0.2, 0.25) is 0 Å². The molecule has 2 rings (SSSR count). The number of hydrogen-bond acceptors (Lipinski definition) is 2. The number of likely N-dealkylation sites (N-methyl/N-ethyl adjacent to an activating group) is 1. The molecule has 0 aliphatic carbocycles. The van der Waals surface area contributed by atoms with Crippen LogP contribution in [0.1, 0.15) is 12.0 Å². The fourth-order valence-corrected chi connectivity index (χ4v) is 2.45. The van der Waals surface area contributed by atoms with E-state index in [2.05, 4.69) is 24.3 Å². The Morgan fingerprint density at radius 3 is 2.81 bits per heavy atom. The Labute approximate surface area is 96.5 Å². The van der Waals surface area contributed by atoms with Crippen molar-refractivity contribution in [2.24, 2.45) is 0 Å². The van der Waals surface area contributed by atoms with Crippen LogP contribution in [-0.4, -0.2) is 37.6 Å². The molecule has 1 aliphatic rings. The van der Waals surface area contributed by atoms with Crippen molar-refractivity contribution in [3.63, 3.8) is 0 Å². The molecular formula is C13H19FN2. The van der Waals surface area contributed by atoms with E-state index >= 15 is 0 Å². The van der Waals surface area contributed by atoms with Crippen molar-refractivity contribution < 1.29 is 4.39 Å². The monoisotopic (exact) mass is 222 g/mol. The van der Waals surface area contributed by atoms with Gasteiger partial charge in [-0.25, -0.2) is 4.39 Å². The van der Waals surface area contributed by atoms with E-state index in [1.807, 2.05) is 6.07 Å². The molecule has 1 aromatic rings. The van der Waals surface area contributed by atoms with Gasteiger partial charge in [0, 0.05) is 12.1 Å². The van der Waals surface area contributed by atoms with Crippen molar-refractivity contribution in [2.75, 3.05) is 27.2 Å². The summed E-state index contributed by atoms with van der Waals surface area (Å²) in [5.41, 5.74) is 1.23. The van der Waals surface area contributed by atoms with E-state index in [0.29, 0.717) is 0 Å². The van der Waals surface area contributed by atoms with Gasteiger partial charge in [0.25, 0.3) is 0 Å². The Balaban J connectivity index is 2.18. The summed E-state index contributed by atoms with van der Waals surface area (Å²) >= 11 is 0. The Bertz CT molecular complexity index is 357. The maximum atomic E-state index is 13.1. The third-order valence-corrected chi connectivity index (χ3v) is 3.59. The molecule has 88 valence electrons. The largest absolute Gasteiger partial charge is 0.315 e. The van der Waals surface area contributed by atoms with Crippen LogP contribution in [0.5, 0.6) is 0 Å². The molecule has 1 saturated heterocycles. The second-order valence-corrected chi connectivity index (χ2v) is 4.85. The van der Waals surface area contributed by atoms with Crippen LogP contribution in [0.2, 0.25) is 0 Å². The normalized spacial score (nSPS) is 25.2. The molecule has 0 radical (unpaired) electrons. The lowest BCUT2D eigenvalue weighted by Crippen LogP contribution is -2.47.